The smallest absolute Gasteiger partial charge is 0.328 e. The molecule has 98 valence electrons. The standard InChI is InChI=1S/C14H19NO3/c1-4-18-14(17)12(10(2)3)15-13(16)11-8-6-5-7-9-11/h5-10,12H,4H2,1-3H3,(H,15,16)/t12-/m0/s1/i12D. The van der Waals surface area contributed by atoms with Gasteiger partial charge in [-0.05, 0) is 25.0 Å². The highest BCUT2D eigenvalue weighted by molar-refractivity contribution is 5.96. The van der Waals surface area contributed by atoms with Crippen LogP contribution in [0.2, 0.25) is 0 Å². The summed E-state index contributed by atoms with van der Waals surface area (Å²) in [5.74, 6) is -1.61. The van der Waals surface area contributed by atoms with Crippen LogP contribution < -0.4 is 5.32 Å². The number of carbonyl (C=O) groups excluding carboxylic acids is 2. The largest absolute Gasteiger partial charge is 0.464 e. The lowest BCUT2D eigenvalue weighted by Crippen LogP contribution is -2.45. The van der Waals surface area contributed by atoms with Crippen molar-refractivity contribution in [2.24, 2.45) is 5.92 Å². The van der Waals surface area contributed by atoms with Gasteiger partial charge in [0.1, 0.15) is 6.02 Å². The van der Waals surface area contributed by atoms with Crippen LogP contribution in [0.3, 0.4) is 0 Å². The second kappa shape index (κ2) is 6.79. The van der Waals surface area contributed by atoms with Crippen LogP contribution in [-0.2, 0) is 9.53 Å². The number of carbonyl (C=O) groups is 2. The highest BCUT2D eigenvalue weighted by Crippen LogP contribution is 2.06. The van der Waals surface area contributed by atoms with Gasteiger partial charge in [0.2, 0.25) is 0 Å². The van der Waals surface area contributed by atoms with Crippen LogP contribution in [-0.4, -0.2) is 24.5 Å². The maximum Gasteiger partial charge on any atom is 0.328 e. The summed E-state index contributed by atoms with van der Waals surface area (Å²) in [6.45, 7) is 5.22. The average molecular weight is 250 g/mol. The van der Waals surface area contributed by atoms with Crippen LogP contribution in [0.15, 0.2) is 30.3 Å². The molecule has 1 rings (SSSR count). The molecule has 0 unspecified atom stereocenters. The quantitative estimate of drug-likeness (QED) is 0.813. The Morgan fingerprint density at radius 1 is 1.33 bits per heavy atom. The van der Waals surface area contributed by atoms with E-state index < -0.39 is 23.8 Å². The zero-order valence-corrected chi connectivity index (χ0v) is 10.9. The minimum Gasteiger partial charge on any atom is -0.464 e. The van der Waals surface area contributed by atoms with E-state index in [0.29, 0.717) is 5.56 Å². The lowest BCUT2D eigenvalue weighted by Gasteiger charge is -2.20. The number of hydrogen-bond acceptors (Lipinski definition) is 3. The van der Waals surface area contributed by atoms with Crippen molar-refractivity contribution in [1.82, 2.24) is 5.32 Å². The molecule has 1 atom stereocenters. The molecule has 0 bridgehead atoms. The second-order valence-electron chi connectivity index (χ2n) is 4.11. The van der Waals surface area contributed by atoms with E-state index in [9.17, 15) is 9.59 Å². The molecule has 0 heterocycles. The van der Waals surface area contributed by atoms with Crippen LogP contribution in [0.1, 0.15) is 32.5 Å². The molecule has 0 aromatic heterocycles. The van der Waals surface area contributed by atoms with Crippen LogP contribution >= 0.6 is 0 Å². The predicted molar refractivity (Wildman–Crippen MR) is 69.2 cm³/mol. The number of amides is 1. The number of benzene rings is 1. The van der Waals surface area contributed by atoms with Gasteiger partial charge < -0.3 is 10.1 Å². The zero-order chi connectivity index (χ0) is 14.5. The van der Waals surface area contributed by atoms with Crippen LogP contribution in [0.25, 0.3) is 0 Å². The van der Waals surface area contributed by atoms with Gasteiger partial charge in [0.15, 0.2) is 0 Å². The van der Waals surface area contributed by atoms with E-state index >= 15 is 0 Å². The van der Waals surface area contributed by atoms with Crippen molar-refractivity contribution >= 4 is 11.9 Å². The molecule has 4 nitrogen and oxygen atoms in total. The van der Waals surface area contributed by atoms with E-state index in [1.165, 1.54) is 0 Å². The Kier molecular flexibility index (Phi) is 4.76. The van der Waals surface area contributed by atoms with Gasteiger partial charge in [-0.1, -0.05) is 32.0 Å². The molecular weight excluding hydrogens is 230 g/mol. The summed E-state index contributed by atoms with van der Waals surface area (Å²) in [6.07, 6.45) is 0. The molecule has 0 radical (unpaired) electrons. The van der Waals surface area contributed by atoms with Crippen LogP contribution in [0.5, 0.6) is 0 Å². The topological polar surface area (TPSA) is 55.4 Å². The van der Waals surface area contributed by atoms with Crippen molar-refractivity contribution in [1.29, 1.82) is 0 Å². The number of ether oxygens (including phenoxy) is 1. The number of esters is 1. The van der Waals surface area contributed by atoms with E-state index in [1.54, 1.807) is 51.1 Å². The van der Waals surface area contributed by atoms with Gasteiger partial charge in [0.25, 0.3) is 5.91 Å². The first-order valence-electron chi connectivity index (χ1n) is 6.46. The molecule has 0 saturated carbocycles. The van der Waals surface area contributed by atoms with Crippen LogP contribution in [0.4, 0.5) is 0 Å². The number of nitrogens with one attached hydrogen (secondary N) is 1. The third kappa shape index (κ3) is 3.87. The van der Waals surface area contributed by atoms with Crippen molar-refractivity contribution in [2.75, 3.05) is 6.61 Å². The monoisotopic (exact) mass is 250 g/mol. The minimum atomic E-state index is -1.77. The minimum absolute atomic E-state index is 0.174. The third-order valence-corrected chi connectivity index (χ3v) is 2.36. The van der Waals surface area contributed by atoms with Gasteiger partial charge in [-0.2, -0.15) is 0 Å². The Balaban J connectivity index is 2.91. The molecule has 0 aliphatic rings. The fraction of sp³-hybridized carbons (Fsp3) is 0.429. The first kappa shape index (κ1) is 12.6. The summed E-state index contributed by atoms with van der Waals surface area (Å²) in [5.41, 5.74) is 0.407. The Bertz CT molecular complexity index is 447. The fourth-order valence-corrected chi connectivity index (χ4v) is 1.42. The molecule has 1 aromatic rings. The summed E-state index contributed by atoms with van der Waals surface area (Å²) >= 11 is 0. The summed E-state index contributed by atoms with van der Waals surface area (Å²) in [6, 6.07) is 6.71. The fourth-order valence-electron chi connectivity index (χ4n) is 1.42. The molecule has 0 fully saturated rings. The summed E-state index contributed by atoms with van der Waals surface area (Å²) in [4.78, 5) is 23.9. The van der Waals surface area contributed by atoms with E-state index in [1.807, 2.05) is 0 Å². The Labute approximate surface area is 109 Å². The van der Waals surface area contributed by atoms with Crippen LogP contribution in [0, 0.1) is 5.92 Å². The third-order valence-electron chi connectivity index (χ3n) is 2.36. The van der Waals surface area contributed by atoms with Crippen molar-refractivity contribution in [2.45, 2.75) is 26.8 Å². The summed E-state index contributed by atoms with van der Waals surface area (Å²) in [7, 11) is 0. The lowest BCUT2D eigenvalue weighted by atomic mass is 10.0. The Hall–Kier alpha value is -1.84. The second-order valence-corrected chi connectivity index (χ2v) is 4.11. The van der Waals surface area contributed by atoms with E-state index in [4.69, 9.17) is 6.11 Å². The lowest BCUT2D eigenvalue weighted by molar-refractivity contribution is -0.146. The molecule has 0 spiro atoms. The molecule has 1 aromatic carbocycles. The van der Waals surface area contributed by atoms with Gasteiger partial charge in [-0.15, -0.1) is 0 Å². The van der Waals surface area contributed by atoms with E-state index in [0.717, 1.165) is 0 Å². The average Bonchev–Trinajstić information content (AvgIpc) is 2.39. The maximum atomic E-state index is 12.0. The van der Waals surface area contributed by atoms with Crippen molar-refractivity contribution < 1.29 is 15.7 Å². The van der Waals surface area contributed by atoms with Crippen molar-refractivity contribution in [3.8, 4) is 0 Å². The molecular formula is C14H19NO3. The molecule has 4 heteroatoms. The maximum absolute atomic E-state index is 12.0. The summed E-state index contributed by atoms with van der Waals surface area (Å²) in [5, 5.41) is 2.45. The van der Waals surface area contributed by atoms with E-state index in [2.05, 4.69) is 5.32 Å². The number of hydrogen-bond donors (Lipinski definition) is 1. The molecule has 1 N–H and O–H groups in total. The van der Waals surface area contributed by atoms with Gasteiger partial charge in [-0.25, -0.2) is 4.79 Å². The first-order chi connectivity index (χ1) is 8.91. The van der Waals surface area contributed by atoms with Crippen molar-refractivity contribution in [3.05, 3.63) is 35.9 Å². The SMILES string of the molecule is [2H][C@@](NC(=O)c1ccccc1)(C(=O)OCC)C(C)C. The zero-order valence-electron chi connectivity index (χ0n) is 11.9. The Morgan fingerprint density at radius 2 is 1.94 bits per heavy atom. The predicted octanol–water partition coefficient (Wildman–Crippen LogP) is 2.00. The van der Waals surface area contributed by atoms with E-state index in [-0.39, 0.29) is 6.61 Å². The summed E-state index contributed by atoms with van der Waals surface area (Å²) < 4.78 is 13.0. The first-order valence-corrected chi connectivity index (χ1v) is 5.96. The molecule has 0 aliphatic heterocycles. The number of rotatable bonds is 5. The van der Waals surface area contributed by atoms with Gasteiger partial charge in [-0.3, -0.25) is 4.79 Å². The molecule has 0 saturated heterocycles. The molecule has 18 heavy (non-hydrogen) atoms. The molecule has 1 amide bonds. The highest BCUT2D eigenvalue weighted by atomic mass is 16.5. The Morgan fingerprint density at radius 3 is 2.44 bits per heavy atom. The van der Waals surface area contributed by atoms with Gasteiger partial charge >= 0.3 is 5.97 Å². The highest BCUT2D eigenvalue weighted by Gasteiger charge is 2.25. The van der Waals surface area contributed by atoms with Gasteiger partial charge in [0, 0.05) is 5.56 Å². The molecule has 0 aliphatic carbocycles. The van der Waals surface area contributed by atoms with Gasteiger partial charge in [0.05, 0.1) is 7.98 Å². The normalized spacial score (nSPS) is 14.6. The van der Waals surface area contributed by atoms with Crippen molar-refractivity contribution in [3.63, 3.8) is 0 Å².